The van der Waals surface area contributed by atoms with Crippen LogP contribution in [-0.2, 0) is 6.54 Å². The third kappa shape index (κ3) is 8.24. The second-order valence-corrected chi connectivity index (χ2v) is 6.20. The second-order valence-electron chi connectivity index (χ2n) is 6.20. The summed E-state index contributed by atoms with van der Waals surface area (Å²) < 4.78 is 13.3. The molecule has 0 saturated carbocycles. The van der Waals surface area contributed by atoms with Crippen LogP contribution >= 0.6 is 24.0 Å². The Labute approximate surface area is 183 Å². The Balaban J connectivity index is 0.00000392. The fourth-order valence-corrected chi connectivity index (χ4v) is 2.61. The lowest BCUT2D eigenvalue weighted by Crippen LogP contribution is -2.38. The Bertz CT molecular complexity index is 755. The molecule has 0 aliphatic carbocycles. The van der Waals surface area contributed by atoms with E-state index in [4.69, 9.17) is 0 Å². The van der Waals surface area contributed by atoms with Gasteiger partial charge >= 0.3 is 0 Å². The van der Waals surface area contributed by atoms with E-state index in [2.05, 4.69) is 15.6 Å². The fraction of sp³-hybridized carbons (Fsp3) is 0.333. The molecule has 0 aromatic heterocycles. The number of nitrogens with zero attached hydrogens (tertiary/aromatic N) is 2. The van der Waals surface area contributed by atoms with Crippen molar-refractivity contribution in [2.24, 2.45) is 4.99 Å². The van der Waals surface area contributed by atoms with Gasteiger partial charge in [0.1, 0.15) is 5.82 Å². The average molecular weight is 498 g/mol. The molecule has 0 atom stereocenters. The van der Waals surface area contributed by atoms with Gasteiger partial charge in [0.25, 0.3) is 5.91 Å². The molecule has 5 nitrogen and oxygen atoms in total. The average Bonchev–Trinajstić information content (AvgIpc) is 2.67. The molecule has 0 aliphatic heterocycles. The van der Waals surface area contributed by atoms with E-state index < -0.39 is 0 Å². The van der Waals surface area contributed by atoms with Crippen LogP contribution in [0.5, 0.6) is 0 Å². The van der Waals surface area contributed by atoms with Crippen molar-refractivity contribution in [2.45, 2.75) is 19.9 Å². The first-order valence-corrected chi connectivity index (χ1v) is 9.17. The summed E-state index contributed by atoms with van der Waals surface area (Å²) >= 11 is 0. The minimum Gasteiger partial charge on any atom is -0.357 e. The van der Waals surface area contributed by atoms with Crippen molar-refractivity contribution in [2.75, 3.05) is 26.7 Å². The highest BCUT2D eigenvalue weighted by Gasteiger charge is 2.07. The van der Waals surface area contributed by atoms with Gasteiger partial charge in [-0.15, -0.1) is 24.0 Å². The van der Waals surface area contributed by atoms with E-state index in [9.17, 15) is 9.18 Å². The molecule has 2 N–H and O–H groups in total. The number of benzene rings is 2. The number of carbonyl (C=O) groups excluding carboxylic acids is 1. The highest BCUT2D eigenvalue weighted by Crippen LogP contribution is 2.06. The van der Waals surface area contributed by atoms with Crippen LogP contribution in [0.3, 0.4) is 0 Å². The number of aliphatic imine (C=N–C) groups is 1. The lowest BCUT2D eigenvalue weighted by Gasteiger charge is -2.22. The van der Waals surface area contributed by atoms with Gasteiger partial charge in [0.15, 0.2) is 5.96 Å². The minimum absolute atomic E-state index is 0. The molecule has 0 unspecified atom stereocenters. The van der Waals surface area contributed by atoms with Gasteiger partial charge in [0, 0.05) is 38.8 Å². The van der Waals surface area contributed by atoms with Crippen molar-refractivity contribution in [3.63, 3.8) is 0 Å². The third-order valence-corrected chi connectivity index (χ3v) is 3.92. The summed E-state index contributed by atoms with van der Waals surface area (Å²) in [5.74, 6) is 0.447. The quantitative estimate of drug-likeness (QED) is 0.253. The Kier molecular flexibility index (Phi) is 11.2. The molecule has 1 amide bonds. The SMILES string of the molecule is CCNC(=NCCCNC(=O)c1ccccc1)N(C)Cc1cccc(F)c1.I. The van der Waals surface area contributed by atoms with Gasteiger partial charge in [-0.2, -0.15) is 0 Å². The normalized spacial score (nSPS) is 10.8. The molecular weight excluding hydrogens is 470 g/mol. The lowest BCUT2D eigenvalue weighted by molar-refractivity contribution is 0.0953. The topological polar surface area (TPSA) is 56.7 Å². The maximum absolute atomic E-state index is 13.3. The van der Waals surface area contributed by atoms with Crippen molar-refractivity contribution in [3.8, 4) is 0 Å². The summed E-state index contributed by atoms with van der Waals surface area (Å²) in [6.07, 6.45) is 0.737. The summed E-state index contributed by atoms with van der Waals surface area (Å²) in [4.78, 5) is 18.5. The Morgan fingerprint density at radius 3 is 2.54 bits per heavy atom. The van der Waals surface area contributed by atoms with E-state index in [1.165, 1.54) is 12.1 Å². The van der Waals surface area contributed by atoms with Gasteiger partial charge in [-0.05, 0) is 43.2 Å². The van der Waals surface area contributed by atoms with Gasteiger partial charge in [-0.1, -0.05) is 30.3 Å². The molecule has 2 aromatic carbocycles. The molecule has 0 heterocycles. The Morgan fingerprint density at radius 1 is 1.11 bits per heavy atom. The maximum atomic E-state index is 13.3. The number of hydrogen-bond acceptors (Lipinski definition) is 2. The minimum atomic E-state index is -0.239. The van der Waals surface area contributed by atoms with Gasteiger partial charge in [-0.3, -0.25) is 9.79 Å². The Morgan fingerprint density at radius 2 is 1.86 bits per heavy atom. The van der Waals surface area contributed by atoms with Gasteiger partial charge in [0.2, 0.25) is 0 Å². The molecule has 0 spiro atoms. The zero-order chi connectivity index (χ0) is 19.5. The van der Waals surface area contributed by atoms with Crippen LogP contribution in [0.25, 0.3) is 0 Å². The first kappa shape index (κ1) is 23.9. The number of halogens is 2. The second kappa shape index (κ2) is 13.1. The van der Waals surface area contributed by atoms with Gasteiger partial charge < -0.3 is 15.5 Å². The molecule has 2 rings (SSSR count). The number of rotatable bonds is 8. The molecule has 0 fully saturated rings. The van der Waals surface area contributed by atoms with E-state index in [1.807, 2.05) is 43.1 Å². The molecule has 2 aromatic rings. The van der Waals surface area contributed by atoms with E-state index in [-0.39, 0.29) is 35.7 Å². The molecule has 0 radical (unpaired) electrons. The summed E-state index contributed by atoms with van der Waals surface area (Å²) in [6.45, 7) is 4.46. The molecular formula is C21H28FIN4O. The molecule has 0 aliphatic rings. The monoisotopic (exact) mass is 498 g/mol. The van der Waals surface area contributed by atoms with Crippen LogP contribution in [0.2, 0.25) is 0 Å². The molecule has 0 bridgehead atoms. The fourth-order valence-electron chi connectivity index (χ4n) is 2.61. The summed E-state index contributed by atoms with van der Waals surface area (Å²) in [5, 5.41) is 6.13. The van der Waals surface area contributed by atoms with Crippen molar-refractivity contribution in [3.05, 3.63) is 71.5 Å². The first-order valence-electron chi connectivity index (χ1n) is 9.17. The van der Waals surface area contributed by atoms with E-state index in [1.54, 1.807) is 18.2 Å². The van der Waals surface area contributed by atoms with Gasteiger partial charge in [-0.25, -0.2) is 4.39 Å². The number of hydrogen-bond donors (Lipinski definition) is 2. The summed E-state index contributed by atoms with van der Waals surface area (Å²) in [6, 6.07) is 15.7. The van der Waals surface area contributed by atoms with Crippen molar-refractivity contribution in [1.29, 1.82) is 0 Å². The van der Waals surface area contributed by atoms with Crippen molar-refractivity contribution >= 4 is 35.8 Å². The standard InChI is InChI=1S/C21H27FN4O.HI/c1-3-23-21(26(2)16-17-9-7-12-19(22)15-17)25-14-8-13-24-20(27)18-10-5-4-6-11-18;/h4-7,9-12,15H,3,8,13-14,16H2,1-2H3,(H,23,25)(H,24,27);1H. The van der Waals surface area contributed by atoms with Gasteiger partial charge in [0.05, 0.1) is 0 Å². The van der Waals surface area contributed by atoms with Crippen LogP contribution in [0.15, 0.2) is 59.6 Å². The van der Waals surface area contributed by atoms with Crippen molar-refractivity contribution in [1.82, 2.24) is 15.5 Å². The summed E-state index contributed by atoms with van der Waals surface area (Å²) in [5.41, 5.74) is 1.54. The van der Waals surface area contributed by atoms with E-state index in [0.29, 0.717) is 25.2 Å². The third-order valence-electron chi connectivity index (χ3n) is 3.92. The molecule has 0 saturated heterocycles. The number of nitrogens with one attached hydrogen (secondary N) is 2. The lowest BCUT2D eigenvalue weighted by atomic mass is 10.2. The summed E-state index contributed by atoms with van der Waals surface area (Å²) in [7, 11) is 1.92. The Hall–Kier alpha value is -2.16. The van der Waals surface area contributed by atoms with Crippen LogP contribution < -0.4 is 10.6 Å². The molecule has 7 heteroatoms. The zero-order valence-electron chi connectivity index (χ0n) is 16.3. The van der Waals surface area contributed by atoms with E-state index in [0.717, 1.165) is 24.5 Å². The zero-order valence-corrected chi connectivity index (χ0v) is 18.7. The highest BCUT2D eigenvalue weighted by atomic mass is 127. The first-order chi connectivity index (χ1) is 13.1. The molecule has 28 heavy (non-hydrogen) atoms. The predicted molar refractivity (Wildman–Crippen MR) is 123 cm³/mol. The number of guanidine groups is 1. The smallest absolute Gasteiger partial charge is 0.251 e. The van der Waals surface area contributed by atoms with Crippen LogP contribution in [0.4, 0.5) is 4.39 Å². The van der Waals surface area contributed by atoms with Crippen LogP contribution in [0.1, 0.15) is 29.3 Å². The molecule has 152 valence electrons. The van der Waals surface area contributed by atoms with Crippen LogP contribution in [0, 0.1) is 5.82 Å². The van der Waals surface area contributed by atoms with Crippen molar-refractivity contribution < 1.29 is 9.18 Å². The number of amides is 1. The van der Waals surface area contributed by atoms with E-state index >= 15 is 0 Å². The largest absolute Gasteiger partial charge is 0.357 e. The van der Waals surface area contributed by atoms with Crippen LogP contribution in [-0.4, -0.2) is 43.4 Å². The maximum Gasteiger partial charge on any atom is 0.251 e. The predicted octanol–water partition coefficient (Wildman–Crippen LogP) is 3.66. The highest BCUT2D eigenvalue weighted by molar-refractivity contribution is 14.0. The number of carbonyl (C=O) groups is 1.